The highest BCUT2D eigenvalue weighted by Gasteiger charge is 2.47. The number of aromatic nitrogens is 2. The number of hydrogen-bond acceptors (Lipinski definition) is 6. The van der Waals surface area contributed by atoms with Crippen LogP contribution in [0.1, 0.15) is 64.1 Å². The molecule has 0 fully saturated rings. The van der Waals surface area contributed by atoms with Gasteiger partial charge in [-0.2, -0.15) is 23.5 Å². The summed E-state index contributed by atoms with van der Waals surface area (Å²) >= 11 is 1.35. The normalized spacial score (nSPS) is 22.1. The van der Waals surface area contributed by atoms with Gasteiger partial charge in [0.2, 0.25) is 0 Å². The Balaban J connectivity index is 1.44. The third kappa shape index (κ3) is 3.88. The van der Waals surface area contributed by atoms with Crippen LogP contribution in [0, 0.1) is 17.2 Å². The molecule has 3 atom stereocenters. The van der Waals surface area contributed by atoms with Crippen molar-refractivity contribution >= 4 is 28.1 Å². The number of alkyl halides is 3. The van der Waals surface area contributed by atoms with E-state index in [0.29, 0.717) is 22.2 Å². The van der Waals surface area contributed by atoms with E-state index in [4.69, 9.17) is 4.42 Å². The molecule has 2 N–H and O–H groups in total. The molecule has 0 saturated carbocycles. The minimum Gasteiger partial charge on any atom is -0.467 e. The number of nitrogens with zero attached hydrogens (tertiary/aromatic N) is 3. The Bertz CT molecular complexity index is 1240. The van der Waals surface area contributed by atoms with Crippen molar-refractivity contribution in [3.05, 3.63) is 51.9 Å². The predicted octanol–water partition coefficient (Wildman–Crippen LogP) is 5.45. The molecule has 5 rings (SSSR count). The Morgan fingerprint density at radius 1 is 1.45 bits per heavy atom. The molecule has 2 aliphatic rings. The molecule has 0 spiro atoms. The molecule has 0 radical (unpaired) electrons. The van der Waals surface area contributed by atoms with Gasteiger partial charge in [0.1, 0.15) is 22.6 Å². The third-order valence-electron chi connectivity index (χ3n) is 6.16. The second kappa shape index (κ2) is 7.95. The van der Waals surface area contributed by atoms with Gasteiger partial charge in [0, 0.05) is 17.4 Å². The molecule has 0 bridgehead atoms. The molecule has 3 aromatic heterocycles. The van der Waals surface area contributed by atoms with Gasteiger partial charge in [0.15, 0.2) is 11.7 Å². The van der Waals surface area contributed by atoms with Crippen molar-refractivity contribution in [1.82, 2.24) is 9.78 Å². The average Bonchev–Trinajstić information content (AvgIpc) is 3.49. The van der Waals surface area contributed by atoms with Gasteiger partial charge in [-0.25, -0.2) is 4.68 Å². The van der Waals surface area contributed by atoms with Crippen molar-refractivity contribution in [2.45, 2.75) is 50.9 Å². The number of thiophene rings is 1. The van der Waals surface area contributed by atoms with Crippen molar-refractivity contribution in [3.63, 3.8) is 0 Å². The van der Waals surface area contributed by atoms with Crippen molar-refractivity contribution < 1.29 is 22.4 Å². The minimum atomic E-state index is -4.56. The minimum absolute atomic E-state index is 0.0786. The van der Waals surface area contributed by atoms with E-state index in [0.717, 1.165) is 34.4 Å². The van der Waals surface area contributed by atoms with Gasteiger partial charge in [-0.1, -0.05) is 6.92 Å². The van der Waals surface area contributed by atoms with E-state index in [1.54, 1.807) is 12.1 Å². The Kier molecular flexibility index (Phi) is 5.20. The summed E-state index contributed by atoms with van der Waals surface area (Å²) in [7, 11) is 0. The lowest BCUT2D eigenvalue weighted by Gasteiger charge is -2.32. The molecule has 1 aliphatic heterocycles. The molecule has 33 heavy (non-hydrogen) atoms. The molecule has 3 aromatic rings. The summed E-state index contributed by atoms with van der Waals surface area (Å²) in [6.45, 7) is 2.14. The molecular formula is C22H20F3N5O2S. The number of fused-ring (bicyclic) bond motifs is 2. The van der Waals surface area contributed by atoms with Gasteiger partial charge in [0.05, 0.1) is 17.9 Å². The van der Waals surface area contributed by atoms with Crippen molar-refractivity contribution in [2.75, 3.05) is 10.6 Å². The number of anilines is 2. The van der Waals surface area contributed by atoms with Crippen LogP contribution in [-0.2, 0) is 12.8 Å². The highest BCUT2D eigenvalue weighted by Crippen LogP contribution is 2.44. The standard InChI is InChI=1S/C22H20F3N5O2S/c1-11-4-5-12-13(10-26)21(33-17(12)7-11)28-20(31)15-9-19-27-14(16-3-2-6-32-16)8-18(22(23,24)25)30(19)29-15/h2-3,6,9,11,14,18,27H,4-5,7-8H2,1H3,(H,28,31). The molecule has 1 amide bonds. The molecular weight excluding hydrogens is 455 g/mol. The molecule has 3 unspecified atom stereocenters. The number of amides is 1. The topological polar surface area (TPSA) is 95.9 Å². The van der Waals surface area contributed by atoms with E-state index >= 15 is 0 Å². The summed E-state index contributed by atoms with van der Waals surface area (Å²) in [5.74, 6) is 0.297. The highest BCUT2D eigenvalue weighted by molar-refractivity contribution is 7.16. The first kappa shape index (κ1) is 21.6. The van der Waals surface area contributed by atoms with Gasteiger partial charge < -0.3 is 15.1 Å². The molecule has 11 heteroatoms. The van der Waals surface area contributed by atoms with Gasteiger partial charge in [-0.3, -0.25) is 4.79 Å². The fourth-order valence-corrected chi connectivity index (χ4v) is 5.84. The van der Waals surface area contributed by atoms with E-state index in [2.05, 4.69) is 28.7 Å². The number of halogens is 3. The number of nitriles is 1. The van der Waals surface area contributed by atoms with Crippen molar-refractivity contribution in [1.29, 1.82) is 5.26 Å². The zero-order chi connectivity index (χ0) is 23.3. The number of carbonyl (C=O) groups excluding carboxylic acids is 1. The van der Waals surface area contributed by atoms with Crippen LogP contribution >= 0.6 is 11.3 Å². The predicted molar refractivity (Wildman–Crippen MR) is 115 cm³/mol. The lowest BCUT2D eigenvalue weighted by molar-refractivity contribution is -0.174. The first-order valence-corrected chi connectivity index (χ1v) is 11.4. The third-order valence-corrected chi connectivity index (χ3v) is 7.33. The second-order valence-corrected chi connectivity index (χ2v) is 9.59. The van der Waals surface area contributed by atoms with E-state index in [1.165, 1.54) is 23.7 Å². The molecule has 1 aliphatic carbocycles. The number of hydrogen-bond donors (Lipinski definition) is 2. The zero-order valence-corrected chi connectivity index (χ0v) is 18.4. The van der Waals surface area contributed by atoms with Crippen LogP contribution in [0.2, 0.25) is 0 Å². The maximum absolute atomic E-state index is 13.8. The Hall–Kier alpha value is -3.26. The van der Waals surface area contributed by atoms with Crippen molar-refractivity contribution in [3.8, 4) is 6.07 Å². The van der Waals surface area contributed by atoms with Gasteiger partial charge in [0.25, 0.3) is 5.91 Å². The van der Waals surface area contributed by atoms with Gasteiger partial charge in [-0.05, 0) is 42.9 Å². The van der Waals surface area contributed by atoms with Gasteiger partial charge >= 0.3 is 6.18 Å². The van der Waals surface area contributed by atoms with E-state index < -0.39 is 24.2 Å². The number of carbonyl (C=O) groups is 1. The fraction of sp³-hybridized carbons (Fsp3) is 0.409. The maximum Gasteiger partial charge on any atom is 0.410 e. The summed E-state index contributed by atoms with van der Waals surface area (Å²) in [4.78, 5) is 14.0. The number of rotatable bonds is 3. The van der Waals surface area contributed by atoms with Crippen LogP contribution in [-0.4, -0.2) is 21.9 Å². The van der Waals surface area contributed by atoms with Crippen LogP contribution in [0.3, 0.4) is 0 Å². The summed E-state index contributed by atoms with van der Waals surface area (Å²) in [6.07, 6.45) is -0.885. The summed E-state index contributed by atoms with van der Waals surface area (Å²) in [5, 5.41) is 19.7. The van der Waals surface area contributed by atoms with E-state index in [1.807, 2.05) is 0 Å². The Morgan fingerprint density at radius 2 is 2.27 bits per heavy atom. The van der Waals surface area contributed by atoms with Crippen LogP contribution < -0.4 is 10.6 Å². The number of nitrogens with one attached hydrogen (secondary N) is 2. The molecule has 4 heterocycles. The molecule has 172 valence electrons. The Labute approximate surface area is 191 Å². The zero-order valence-electron chi connectivity index (χ0n) is 17.6. The van der Waals surface area contributed by atoms with Crippen molar-refractivity contribution in [2.24, 2.45) is 5.92 Å². The molecule has 0 saturated heterocycles. The summed E-state index contributed by atoms with van der Waals surface area (Å²) in [6, 6.07) is 4.07. The highest BCUT2D eigenvalue weighted by atomic mass is 32.1. The van der Waals surface area contributed by atoms with Crippen LogP contribution in [0.5, 0.6) is 0 Å². The number of furan rings is 1. The quantitative estimate of drug-likeness (QED) is 0.525. The summed E-state index contributed by atoms with van der Waals surface area (Å²) in [5.41, 5.74) is 1.24. The summed E-state index contributed by atoms with van der Waals surface area (Å²) < 4.78 is 47.5. The van der Waals surface area contributed by atoms with Crippen LogP contribution in [0.4, 0.5) is 24.0 Å². The fourth-order valence-electron chi connectivity index (χ4n) is 4.48. The van der Waals surface area contributed by atoms with E-state index in [-0.39, 0.29) is 17.9 Å². The first-order valence-electron chi connectivity index (χ1n) is 10.6. The molecule has 0 aromatic carbocycles. The average molecular weight is 475 g/mol. The molecule has 7 nitrogen and oxygen atoms in total. The second-order valence-electron chi connectivity index (χ2n) is 8.49. The smallest absolute Gasteiger partial charge is 0.410 e. The SMILES string of the molecule is CC1CCc2c(sc(NC(=O)c3cc4n(n3)C(C(F)(F)F)CC(c3ccco3)N4)c2C#N)C1. The first-order chi connectivity index (χ1) is 15.7. The monoisotopic (exact) mass is 475 g/mol. The lowest BCUT2D eigenvalue weighted by Crippen LogP contribution is -2.35. The Morgan fingerprint density at radius 3 is 2.97 bits per heavy atom. The lowest BCUT2D eigenvalue weighted by atomic mass is 9.89. The largest absolute Gasteiger partial charge is 0.467 e. The van der Waals surface area contributed by atoms with Gasteiger partial charge in [-0.15, -0.1) is 11.3 Å². The van der Waals surface area contributed by atoms with E-state index in [9.17, 15) is 23.2 Å². The maximum atomic E-state index is 13.8. The van der Waals surface area contributed by atoms with Crippen LogP contribution in [0.25, 0.3) is 0 Å². The van der Waals surface area contributed by atoms with Crippen LogP contribution in [0.15, 0.2) is 28.9 Å².